The molecule has 1 aliphatic heterocycles. The molecular weight excluding hydrogens is 297 g/mol. The molecule has 0 aromatic carbocycles. The zero-order valence-electron chi connectivity index (χ0n) is 13.2. The number of likely N-dealkylation sites (N-methyl/N-ethyl adjacent to an activating group) is 1. The number of hydrogen-bond acceptors (Lipinski definition) is 3. The summed E-state index contributed by atoms with van der Waals surface area (Å²) in [6.07, 6.45) is -0.717. The lowest BCUT2D eigenvalue weighted by molar-refractivity contribution is -0.169. The van der Waals surface area contributed by atoms with Crippen LogP contribution in [0, 0.1) is 5.92 Å². The van der Waals surface area contributed by atoms with Gasteiger partial charge < -0.3 is 10.0 Å². The summed E-state index contributed by atoms with van der Waals surface area (Å²) < 4.78 is 37.8. The highest BCUT2D eigenvalue weighted by Crippen LogP contribution is 2.40. The highest BCUT2D eigenvalue weighted by Gasteiger charge is 2.47. The van der Waals surface area contributed by atoms with Crippen LogP contribution in [0.2, 0.25) is 0 Å². The lowest BCUT2D eigenvalue weighted by Crippen LogP contribution is -2.60. The van der Waals surface area contributed by atoms with Gasteiger partial charge in [0, 0.05) is 12.1 Å². The third-order valence-corrected chi connectivity index (χ3v) is 5.21. The van der Waals surface area contributed by atoms with Crippen molar-refractivity contribution in [2.75, 3.05) is 26.7 Å². The summed E-state index contributed by atoms with van der Waals surface area (Å²) in [5.74, 6) is -0.00183. The maximum atomic E-state index is 12.6. The van der Waals surface area contributed by atoms with Crippen LogP contribution >= 0.6 is 0 Å². The molecule has 0 bridgehead atoms. The van der Waals surface area contributed by atoms with E-state index in [1.54, 1.807) is 7.05 Å². The van der Waals surface area contributed by atoms with Crippen LogP contribution in [-0.4, -0.2) is 65.3 Å². The molecule has 1 saturated carbocycles. The van der Waals surface area contributed by atoms with Crippen LogP contribution in [-0.2, 0) is 4.79 Å². The lowest BCUT2D eigenvalue weighted by atomic mass is 9.91. The Morgan fingerprint density at radius 3 is 2.59 bits per heavy atom. The van der Waals surface area contributed by atoms with Crippen molar-refractivity contribution in [2.45, 2.75) is 56.8 Å². The van der Waals surface area contributed by atoms with Gasteiger partial charge in [-0.05, 0) is 45.1 Å². The molecule has 128 valence electrons. The molecule has 2 fully saturated rings. The van der Waals surface area contributed by atoms with E-state index in [2.05, 4.69) is 6.92 Å². The first-order valence-electron chi connectivity index (χ1n) is 7.88. The Kier molecular flexibility index (Phi) is 5.06. The molecule has 3 atom stereocenters. The molecule has 0 aromatic heterocycles. The van der Waals surface area contributed by atoms with Gasteiger partial charge in [0.1, 0.15) is 6.54 Å². The maximum Gasteiger partial charge on any atom is 0.406 e. The summed E-state index contributed by atoms with van der Waals surface area (Å²) in [4.78, 5) is 15.2. The van der Waals surface area contributed by atoms with Gasteiger partial charge in [0.05, 0.1) is 12.6 Å². The summed E-state index contributed by atoms with van der Waals surface area (Å²) in [6, 6.07) is -0.562. The van der Waals surface area contributed by atoms with Crippen LogP contribution < -0.4 is 0 Å². The number of carbonyl (C=O) groups excluding carboxylic acids is 1. The fraction of sp³-hybridized carbons (Fsp3) is 0.933. The summed E-state index contributed by atoms with van der Waals surface area (Å²) in [6.45, 7) is 1.02. The third-order valence-electron chi connectivity index (χ3n) is 5.21. The summed E-state index contributed by atoms with van der Waals surface area (Å²) >= 11 is 0. The number of alkyl halides is 3. The number of amides is 1. The monoisotopic (exact) mass is 322 g/mol. The molecule has 0 spiro atoms. The number of nitrogens with zero attached hydrogens (tertiary/aromatic N) is 2. The molecular formula is C15H25F3N2O2. The fourth-order valence-electron chi connectivity index (χ4n) is 3.93. The predicted molar refractivity (Wildman–Crippen MR) is 76.3 cm³/mol. The van der Waals surface area contributed by atoms with Gasteiger partial charge in [0.15, 0.2) is 0 Å². The van der Waals surface area contributed by atoms with Crippen LogP contribution in [0.1, 0.15) is 39.0 Å². The smallest absolute Gasteiger partial charge is 0.394 e. The van der Waals surface area contributed by atoms with Gasteiger partial charge in [-0.3, -0.25) is 9.69 Å². The zero-order chi connectivity index (χ0) is 16.5. The number of likely N-dealkylation sites (tertiary alicyclic amines) is 1. The molecule has 1 N–H and O–H groups in total. The quantitative estimate of drug-likeness (QED) is 0.861. The van der Waals surface area contributed by atoms with Gasteiger partial charge in [-0.15, -0.1) is 0 Å². The second-order valence-corrected chi connectivity index (χ2v) is 6.87. The Morgan fingerprint density at radius 1 is 1.41 bits per heavy atom. The molecule has 2 rings (SSSR count). The van der Waals surface area contributed by atoms with Gasteiger partial charge >= 0.3 is 6.18 Å². The van der Waals surface area contributed by atoms with Gasteiger partial charge in [-0.25, -0.2) is 0 Å². The van der Waals surface area contributed by atoms with Crippen molar-refractivity contribution in [3.63, 3.8) is 0 Å². The summed E-state index contributed by atoms with van der Waals surface area (Å²) in [5, 5.41) is 9.83. The molecule has 1 aliphatic carbocycles. The SMILES string of the molecule is C[C@@H]1CC[C@@](CO)(N(C)[C@@H]2CCCN(CC(F)(F)F)C2=O)C1. The number of carbonyl (C=O) groups is 1. The Bertz CT molecular complexity index is 416. The van der Waals surface area contributed by atoms with Crippen molar-refractivity contribution in [1.82, 2.24) is 9.80 Å². The number of aliphatic hydroxyl groups is 1. The summed E-state index contributed by atoms with van der Waals surface area (Å²) in [7, 11) is 1.77. The first kappa shape index (κ1) is 17.5. The van der Waals surface area contributed by atoms with Crippen LogP contribution in [0.5, 0.6) is 0 Å². The van der Waals surface area contributed by atoms with E-state index in [9.17, 15) is 23.1 Å². The standard InChI is InChI=1S/C15H25F3N2O2/c1-11-5-6-14(8-11,10-21)19(2)12-4-3-7-20(13(12)22)9-15(16,17)18/h11-12,21H,3-10H2,1-2H3/t11-,12-,14-/m1/s1. The molecule has 1 heterocycles. The average molecular weight is 322 g/mol. The van der Waals surface area contributed by atoms with E-state index in [0.29, 0.717) is 18.8 Å². The molecule has 22 heavy (non-hydrogen) atoms. The zero-order valence-corrected chi connectivity index (χ0v) is 13.2. The molecule has 7 heteroatoms. The molecule has 0 unspecified atom stereocenters. The molecule has 0 radical (unpaired) electrons. The first-order valence-corrected chi connectivity index (χ1v) is 7.88. The normalized spacial score (nSPS) is 33.8. The van der Waals surface area contributed by atoms with Crippen LogP contribution in [0.4, 0.5) is 13.2 Å². The highest BCUT2D eigenvalue weighted by molar-refractivity contribution is 5.82. The topological polar surface area (TPSA) is 43.8 Å². The minimum absolute atomic E-state index is 0.0586. The second-order valence-electron chi connectivity index (χ2n) is 6.87. The fourth-order valence-corrected chi connectivity index (χ4v) is 3.93. The number of halogens is 3. The van der Waals surface area contributed by atoms with E-state index >= 15 is 0 Å². The van der Waals surface area contributed by atoms with Crippen LogP contribution in [0.25, 0.3) is 0 Å². The lowest BCUT2D eigenvalue weighted by Gasteiger charge is -2.45. The van der Waals surface area contributed by atoms with Crippen molar-refractivity contribution in [1.29, 1.82) is 0 Å². The largest absolute Gasteiger partial charge is 0.406 e. The average Bonchev–Trinajstić information content (AvgIpc) is 2.82. The number of piperidine rings is 1. The molecule has 0 aromatic rings. The van der Waals surface area contributed by atoms with E-state index in [1.807, 2.05) is 4.90 Å². The molecule has 2 aliphatic rings. The van der Waals surface area contributed by atoms with E-state index < -0.39 is 30.2 Å². The van der Waals surface area contributed by atoms with E-state index in [-0.39, 0.29) is 13.2 Å². The van der Waals surface area contributed by atoms with Crippen molar-refractivity contribution >= 4 is 5.91 Å². The Morgan fingerprint density at radius 2 is 2.09 bits per heavy atom. The van der Waals surface area contributed by atoms with Crippen molar-refractivity contribution in [3.05, 3.63) is 0 Å². The molecule has 1 amide bonds. The van der Waals surface area contributed by atoms with Gasteiger partial charge in [0.25, 0.3) is 0 Å². The van der Waals surface area contributed by atoms with Crippen molar-refractivity contribution in [2.24, 2.45) is 5.92 Å². The summed E-state index contributed by atoms with van der Waals surface area (Å²) in [5.41, 5.74) is -0.471. The van der Waals surface area contributed by atoms with E-state index in [1.165, 1.54) is 0 Å². The van der Waals surface area contributed by atoms with Gasteiger partial charge in [-0.1, -0.05) is 6.92 Å². The minimum atomic E-state index is -4.37. The Hall–Kier alpha value is -0.820. The number of rotatable bonds is 4. The minimum Gasteiger partial charge on any atom is -0.394 e. The van der Waals surface area contributed by atoms with Crippen LogP contribution in [0.15, 0.2) is 0 Å². The number of aliphatic hydroxyl groups excluding tert-OH is 1. The Balaban J connectivity index is 2.11. The van der Waals surface area contributed by atoms with Gasteiger partial charge in [0.2, 0.25) is 5.91 Å². The number of hydrogen-bond donors (Lipinski definition) is 1. The first-order chi connectivity index (χ1) is 10.2. The second kappa shape index (κ2) is 6.35. The van der Waals surface area contributed by atoms with E-state index in [4.69, 9.17) is 0 Å². The van der Waals surface area contributed by atoms with Crippen LogP contribution in [0.3, 0.4) is 0 Å². The van der Waals surface area contributed by atoms with E-state index in [0.717, 1.165) is 24.2 Å². The molecule has 1 saturated heterocycles. The predicted octanol–water partition coefficient (Wildman–Crippen LogP) is 2.02. The third kappa shape index (κ3) is 3.56. The van der Waals surface area contributed by atoms with Crippen molar-refractivity contribution < 1.29 is 23.1 Å². The van der Waals surface area contributed by atoms with Crippen molar-refractivity contribution in [3.8, 4) is 0 Å². The highest BCUT2D eigenvalue weighted by atomic mass is 19.4. The van der Waals surface area contributed by atoms with Gasteiger partial charge in [-0.2, -0.15) is 13.2 Å². The molecule has 4 nitrogen and oxygen atoms in total. The maximum absolute atomic E-state index is 12.6. The Labute approximate surface area is 129 Å².